The van der Waals surface area contributed by atoms with Gasteiger partial charge in [-0.3, -0.25) is 0 Å². The highest BCUT2D eigenvalue weighted by molar-refractivity contribution is 7.90. The van der Waals surface area contributed by atoms with Crippen LogP contribution in [0.3, 0.4) is 0 Å². The predicted molar refractivity (Wildman–Crippen MR) is 68.0 cm³/mol. The van der Waals surface area contributed by atoms with Gasteiger partial charge >= 0.3 is 0 Å². The molecule has 0 aliphatic heterocycles. The van der Waals surface area contributed by atoms with E-state index < -0.39 is 9.84 Å². The number of rotatable bonds is 3. The maximum Gasteiger partial charge on any atom is 0.148 e. The molecule has 0 saturated heterocycles. The van der Waals surface area contributed by atoms with E-state index in [1.165, 1.54) is 6.26 Å². The molecule has 2 rings (SSSR count). The highest BCUT2D eigenvalue weighted by Gasteiger charge is 2.40. The molecule has 0 aromatic heterocycles. The van der Waals surface area contributed by atoms with Gasteiger partial charge in [-0.1, -0.05) is 31.0 Å². The van der Waals surface area contributed by atoms with Crippen LogP contribution in [0.15, 0.2) is 24.3 Å². The quantitative estimate of drug-likeness (QED) is 0.900. The predicted octanol–water partition coefficient (Wildman–Crippen LogP) is 2.25. The zero-order valence-electron chi connectivity index (χ0n) is 10.0. The Balaban J connectivity index is 2.45. The van der Waals surface area contributed by atoms with Crippen LogP contribution in [0, 0.1) is 0 Å². The van der Waals surface area contributed by atoms with Crippen LogP contribution in [0.5, 0.6) is 5.75 Å². The van der Waals surface area contributed by atoms with Crippen LogP contribution in [0.25, 0.3) is 0 Å². The van der Waals surface area contributed by atoms with Gasteiger partial charge in [0.2, 0.25) is 0 Å². The van der Waals surface area contributed by atoms with E-state index in [1.54, 1.807) is 12.1 Å². The minimum atomic E-state index is -3.04. The first kappa shape index (κ1) is 12.4. The molecule has 1 aliphatic carbocycles. The Bertz CT molecular complexity index is 499. The van der Waals surface area contributed by atoms with Crippen molar-refractivity contribution in [1.29, 1.82) is 0 Å². The van der Waals surface area contributed by atoms with Crippen LogP contribution >= 0.6 is 0 Å². The molecule has 0 unspecified atom stereocenters. The van der Waals surface area contributed by atoms with E-state index in [2.05, 4.69) is 0 Å². The third-order valence-corrected chi connectivity index (χ3v) is 4.65. The molecule has 1 saturated carbocycles. The average molecular weight is 254 g/mol. The fourth-order valence-electron chi connectivity index (χ4n) is 2.97. The van der Waals surface area contributed by atoms with Gasteiger partial charge in [0.05, 0.1) is 5.75 Å². The lowest BCUT2D eigenvalue weighted by molar-refractivity contribution is 0.422. The summed E-state index contributed by atoms with van der Waals surface area (Å²) in [7, 11) is -3.04. The van der Waals surface area contributed by atoms with E-state index in [0.29, 0.717) is 0 Å². The van der Waals surface area contributed by atoms with Crippen molar-refractivity contribution in [3.63, 3.8) is 0 Å². The lowest BCUT2D eigenvalue weighted by Gasteiger charge is -2.29. The van der Waals surface area contributed by atoms with Gasteiger partial charge < -0.3 is 5.11 Å². The topological polar surface area (TPSA) is 54.4 Å². The summed E-state index contributed by atoms with van der Waals surface area (Å²) < 4.78 is 23.2. The third-order valence-electron chi connectivity index (χ3n) is 3.57. The summed E-state index contributed by atoms with van der Waals surface area (Å²) in [4.78, 5) is 0. The number of hydrogen-bond donors (Lipinski definition) is 1. The minimum absolute atomic E-state index is 0.136. The van der Waals surface area contributed by atoms with E-state index in [9.17, 15) is 13.5 Å². The maximum absolute atomic E-state index is 11.6. The van der Waals surface area contributed by atoms with Gasteiger partial charge in [0.25, 0.3) is 0 Å². The summed E-state index contributed by atoms with van der Waals surface area (Å²) in [6.07, 6.45) is 5.02. The van der Waals surface area contributed by atoms with Crippen LogP contribution < -0.4 is 0 Å². The Hall–Kier alpha value is -1.03. The second-order valence-electron chi connectivity index (χ2n) is 5.07. The zero-order valence-corrected chi connectivity index (χ0v) is 10.8. The molecule has 3 nitrogen and oxygen atoms in total. The summed E-state index contributed by atoms with van der Waals surface area (Å²) in [5.41, 5.74) is 0.418. The van der Waals surface area contributed by atoms with Crippen LogP contribution in [-0.2, 0) is 15.3 Å². The van der Waals surface area contributed by atoms with E-state index in [1.807, 2.05) is 12.1 Å². The number of para-hydroxylation sites is 1. The Morgan fingerprint density at radius 1 is 1.24 bits per heavy atom. The van der Waals surface area contributed by atoms with Gasteiger partial charge in [0.15, 0.2) is 0 Å². The number of phenolic OH excluding ortho intramolecular Hbond substituents is 1. The number of benzene rings is 1. The molecule has 17 heavy (non-hydrogen) atoms. The van der Waals surface area contributed by atoms with Crippen LogP contribution in [0.1, 0.15) is 31.2 Å². The fourth-order valence-corrected chi connectivity index (χ4v) is 4.42. The van der Waals surface area contributed by atoms with Crippen molar-refractivity contribution in [2.75, 3.05) is 12.0 Å². The average Bonchev–Trinajstić information content (AvgIpc) is 2.65. The molecular formula is C13H18O3S. The largest absolute Gasteiger partial charge is 0.508 e. The SMILES string of the molecule is CS(=O)(=O)CC1(c2ccccc2O)CCCC1. The number of sulfone groups is 1. The Morgan fingerprint density at radius 2 is 1.82 bits per heavy atom. The molecule has 1 fully saturated rings. The Kier molecular flexibility index (Phi) is 3.17. The van der Waals surface area contributed by atoms with E-state index in [-0.39, 0.29) is 16.9 Å². The first-order chi connectivity index (χ1) is 7.93. The monoisotopic (exact) mass is 254 g/mol. The van der Waals surface area contributed by atoms with Crippen LogP contribution in [0.4, 0.5) is 0 Å². The first-order valence-electron chi connectivity index (χ1n) is 5.89. The van der Waals surface area contributed by atoms with Crippen LogP contribution in [0.2, 0.25) is 0 Å². The molecule has 1 N–H and O–H groups in total. The summed E-state index contributed by atoms with van der Waals surface area (Å²) in [6, 6.07) is 7.11. The summed E-state index contributed by atoms with van der Waals surface area (Å²) in [5, 5.41) is 9.94. The molecule has 0 heterocycles. The van der Waals surface area contributed by atoms with Gasteiger partial charge in [0, 0.05) is 17.2 Å². The molecule has 94 valence electrons. The standard InChI is InChI=1S/C13H18O3S/c1-17(15,16)10-13(8-4-5-9-13)11-6-2-3-7-12(11)14/h2-3,6-7,14H,4-5,8-10H2,1H3. The number of hydrogen-bond acceptors (Lipinski definition) is 3. The summed E-state index contributed by atoms with van der Waals surface area (Å²) in [5.74, 6) is 0.357. The zero-order chi connectivity index (χ0) is 12.5. The molecule has 0 spiro atoms. The fraction of sp³-hybridized carbons (Fsp3) is 0.538. The number of phenols is 1. The molecule has 1 aromatic rings. The van der Waals surface area contributed by atoms with Gasteiger partial charge in [0.1, 0.15) is 15.6 Å². The third kappa shape index (κ3) is 2.63. The van der Waals surface area contributed by atoms with Gasteiger partial charge in [-0.15, -0.1) is 0 Å². The Labute approximate surface area is 102 Å². The van der Waals surface area contributed by atoms with Crippen molar-refractivity contribution in [3.05, 3.63) is 29.8 Å². The second kappa shape index (κ2) is 4.33. The molecular weight excluding hydrogens is 236 g/mol. The molecule has 1 aliphatic rings. The highest BCUT2D eigenvalue weighted by Crippen LogP contribution is 2.45. The lowest BCUT2D eigenvalue weighted by atomic mass is 9.80. The molecule has 0 bridgehead atoms. The molecule has 0 amide bonds. The van der Waals surface area contributed by atoms with E-state index in [4.69, 9.17) is 0 Å². The first-order valence-corrected chi connectivity index (χ1v) is 7.95. The van der Waals surface area contributed by atoms with Gasteiger partial charge in [-0.05, 0) is 18.9 Å². The summed E-state index contributed by atoms with van der Waals surface area (Å²) in [6.45, 7) is 0. The van der Waals surface area contributed by atoms with Crippen molar-refractivity contribution in [2.24, 2.45) is 0 Å². The van der Waals surface area contributed by atoms with Gasteiger partial charge in [-0.2, -0.15) is 0 Å². The molecule has 0 radical (unpaired) electrons. The number of aromatic hydroxyl groups is 1. The second-order valence-corrected chi connectivity index (χ2v) is 7.21. The normalized spacial score (nSPS) is 19.4. The van der Waals surface area contributed by atoms with Crippen molar-refractivity contribution in [3.8, 4) is 5.75 Å². The van der Waals surface area contributed by atoms with Crippen molar-refractivity contribution in [2.45, 2.75) is 31.1 Å². The van der Waals surface area contributed by atoms with E-state index in [0.717, 1.165) is 31.2 Å². The van der Waals surface area contributed by atoms with Crippen molar-refractivity contribution < 1.29 is 13.5 Å². The minimum Gasteiger partial charge on any atom is -0.508 e. The van der Waals surface area contributed by atoms with Crippen molar-refractivity contribution in [1.82, 2.24) is 0 Å². The highest BCUT2D eigenvalue weighted by atomic mass is 32.2. The van der Waals surface area contributed by atoms with E-state index >= 15 is 0 Å². The smallest absolute Gasteiger partial charge is 0.148 e. The lowest BCUT2D eigenvalue weighted by Crippen LogP contribution is -2.31. The molecule has 0 atom stereocenters. The molecule has 4 heteroatoms. The molecule has 1 aromatic carbocycles. The summed E-state index contributed by atoms with van der Waals surface area (Å²) >= 11 is 0. The van der Waals surface area contributed by atoms with Crippen molar-refractivity contribution >= 4 is 9.84 Å². The maximum atomic E-state index is 11.6. The Morgan fingerprint density at radius 3 is 2.35 bits per heavy atom. The van der Waals surface area contributed by atoms with Gasteiger partial charge in [-0.25, -0.2) is 8.42 Å². The van der Waals surface area contributed by atoms with Crippen LogP contribution in [-0.4, -0.2) is 25.5 Å².